The molecule has 0 fully saturated rings. The first-order chi connectivity index (χ1) is 9.10. The molecule has 1 aromatic heterocycles. The smallest absolute Gasteiger partial charge is 0.0597 e. The minimum absolute atomic E-state index is 0.348. The minimum Gasteiger partial charge on any atom is -0.305 e. The van der Waals surface area contributed by atoms with E-state index in [4.69, 9.17) is 0 Å². The van der Waals surface area contributed by atoms with E-state index in [1.54, 1.807) is 0 Å². The zero-order valence-electron chi connectivity index (χ0n) is 12.3. The van der Waals surface area contributed by atoms with Gasteiger partial charge in [-0.15, -0.1) is 0 Å². The van der Waals surface area contributed by atoms with Gasteiger partial charge in [-0.1, -0.05) is 31.2 Å². The summed E-state index contributed by atoms with van der Waals surface area (Å²) >= 11 is 0. The van der Waals surface area contributed by atoms with Crippen molar-refractivity contribution < 1.29 is 0 Å². The highest BCUT2D eigenvalue weighted by atomic mass is 15.3. The molecule has 1 unspecified atom stereocenters. The van der Waals surface area contributed by atoms with Crippen molar-refractivity contribution in [3.63, 3.8) is 0 Å². The Bertz CT molecular complexity index is 525. The van der Waals surface area contributed by atoms with Crippen LogP contribution in [0.3, 0.4) is 0 Å². The van der Waals surface area contributed by atoms with Crippen molar-refractivity contribution in [3.8, 4) is 0 Å². The summed E-state index contributed by atoms with van der Waals surface area (Å²) in [5.41, 5.74) is 5.00. The first kappa shape index (κ1) is 13.8. The van der Waals surface area contributed by atoms with Crippen molar-refractivity contribution in [2.45, 2.75) is 39.8 Å². The second-order valence-electron chi connectivity index (χ2n) is 5.10. The van der Waals surface area contributed by atoms with E-state index in [1.807, 2.05) is 18.7 Å². The minimum atomic E-state index is 0.348. The highest BCUT2D eigenvalue weighted by Gasteiger charge is 2.07. The topological polar surface area (TPSA) is 29.9 Å². The van der Waals surface area contributed by atoms with Crippen LogP contribution in [0.2, 0.25) is 0 Å². The zero-order valence-corrected chi connectivity index (χ0v) is 12.3. The molecular formula is C16H23N3. The van der Waals surface area contributed by atoms with Crippen LogP contribution in [-0.2, 0) is 20.0 Å². The molecular weight excluding hydrogens is 234 g/mol. The Hall–Kier alpha value is -1.61. The lowest BCUT2D eigenvalue weighted by Gasteiger charge is -2.14. The Morgan fingerprint density at radius 3 is 2.47 bits per heavy atom. The van der Waals surface area contributed by atoms with Crippen molar-refractivity contribution in [2.75, 3.05) is 0 Å². The van der Waals surface area contributed by atoms with Gasteiger partial charge < -0.3 is 5.32 Å². The van der Waals surface area contributed by atoms with Gasteiger partial charge >= 0.3 is 0 Å². The largest absolute Gasteiger partial charge is 0.305 e. The van der Waals surface area contributed by atoms with Crippen LogP contribution in [0.1, 0.15) is 42.4 Å². The number of rotatable bonds is 5. The van der Waals surface area contributed by atoms with Crippen LogP contribution in [0.15, 0.2) is 30.3 Å². The van der Waals surface area contributed by atoms with Crippen LogP contribution in [-0.4, -0.2) is 9.78 Å². The summed E-state index contributed by atoms with van der Waals surface area (Å²) in [5.74, 6) is 0. The summed E-state index contributed by atoms with van der Waals surface area (Å²) in [4.78, 5) is 0. The van der Waals surface area contributed by atoms with Gasteiger partial charge in [0.15, 0.2) is 0 Å². The predicted octanol–water partition coefficient (Wildman–Crippen LogP) is 3.14. The SMILES string of the molecule is CCc1ccc(C(C)NCc2cc(C)nn2C)cc1. The van der Waals surface area contributed by atoms with Gasteiger partial charge in [0.05, 0.1) is 11.4 Å². The molecule has 0 aliphatic rings. The molecule has 3 heteroatoms. The van der Waals surface area contributed by atoms with Crippen molar-refractivity contribution in [1.82, 2.24) is 15.1 Å². The van der Waals surface area contributed by atoms with Crippen LogP contribution in [0, 0.1) is 6.92 Å². The van der Waals surface area contributed by atoms with Gasteiger partial charge in [0.1, 0.15) is 0 Å². The lowest BCUT2D eigenvalue weighted by molar-refractivity contribution is 0.548. The van der Waals surface area contributed by atoms with Gasteiger partial charge in [-0.05, 0) is 37.5 Å². The molecule has 1 N–H and O–H groups in total. The molecule has 0 bridgehead atoms. The fraction of sp³-hybridized carbons (Fsp3) is 0.438. The predicted molar refractivity (Wildman–Crippen MR) is 79.0 cm³/mol. The molecule has 0 amide bonds. The average molecular weight is 257 g/mol. The van der Waals surface area contributed by atoms with Crippen molar-refractivity contribution in [3.05, 3.63) is 52.8 Å². The summed E-state index contributed by atoms with van der Waals surface area (Å²) in [6.45, 7) is 7.25. The number of nitrogens with zero attached hydrogens (tertiary/aromatic N) is 2. The molecule has 0 aliphatic carbocycles. The summed E-state index contributed by atoms with van der Waals surface area (Å²) in [7, 11) is 1.99. The third-order valence-corrected chi connectivity index (χ3v) is 3.58. The monoisotopic (exact) mass is 257 g/mol. The highest BCUT2D eigenvalue weighted by Crippen LogP contribution is 2.14. The maximum absolute atomic E-state index is 4.36. The van der Waals surface area contributed by atoms with E-state index < -0.39 is 0 Å². The van der Waals surface area contributed by atoms with Gasteiger partial charge in [-0.25, -0.2) is 0 Å². The highest BCUT2D eigenvalue weighted by molar-refractivity contribution is 5.24. The van der Waals surface area contributed by atoms with Crippen LogP contribution < -0.4 is 5.32 Å². The summed E-state index contributed by atoms with van der Waals surface area (Å²) < 4.78 is 1.94. The third-order valence-electron chi connectivity index (χ3n) is 3.58. The average Bonchev–Trinajstić information content (AvgIpc) is 2.74. The molecule has 102 valence electrons. The Balaban J connectivity index is 1.96. The van der Waals surface area contributed by atoms with Crippen LogP contribution in [0.25, 0.3) is 0 Å². The second kappa shape index (κ2) is 6.02. The van der Waals surface area contributed by atoms with Gasteiger partial charge in [0.2, 0.25) is 0 Å². The molecule has 1 aromatic carbocycles. The lowest BCUT2D eigenvalue weighted by atomic mass is 10.0. The lowest BCUT2D eigenvalue weighted by Crippen LogP contribution is -2.19. The normalized spacial score (nSPS) is 12.6. The van der Waals surface area contributed by atoms with Crippen LogP contribution in [0.4, 0.5) is 0 Å². The van der Waals surface area contributed by atoms with E-state index in [0.717, 1.165) is 18.7 Å². The standard InChI is InChI=1S/C16H23N3/c1-5-14-6-8-15(9-7-14)13(3)17-11-16-10-12(2)18-19(16)4/h6-10,13,17H,5,11H2,1-4H3. The molecule has 1 atom stereocenters. The number of benzene rings is 1. The molecule has 0 saturated carbocycles. The van der Waals surface area contributed by atoms with Gasteiger partial charge in [0, 0.05) is 19.6 Å². The quantitative estimate of drug-likeness (QED) is 0.891. The van der Waals surface area contributed by atoms with Crippen molar-refractivity contribution in [1.29, 1.82) is 0 Å². The molecule has 0 saturated heterocycles. The Morgan fingerprint density at radius 1 is 1.26 bits per heavy atom. The first-order valence-corrected chi connectivity index (χ1v) is 6.92. The van der Waals surface area contributed by atoms with E-state index in [2.05, 4.69) is 54.6 Å². The Labute approximate surface area is 115 Å². The Kier molecular flexibility index (Phi) is 4.38. The fourth-order valence-corrected chi connectivity index (χ4v) is 2.25. The van der Waals surface area contributed by atoms with Crippen LogP contribution >= 0.6 is 0 Å². The molecule has 3 nitrogen and oxygen atoms in total. The van der Waals surface area contributed by atoms with Crippen LogP contribution in [0.5, 0.6) is 0 Å². The van der Waals surface area contributed by atoms with E-state index in [0.29, 0.717) is 6.04 Å². The second-order valence-corrected chi connectivity index (χ2v) is 5.10. The van der Waals surface area contributed by atoms with Gasteiger partial charge in [0.25, 0.3) is 0 Å². The maximum Gasteiger partial charge on any atom is 0.0597 e. The molecule has 0 aliphatic heterocycles. The number of aromatic nitrogens is 2. The zero-order chi connectivity index (χ0) is 13.8. The van der Waals surface area contributed by atoms with E-state index >= 15 is 0 Å². The fourth-order valence-electron chi connectivity index (χ4n) is 2.25. The number of nitrogens with one attached hydrogen (secondary N) is 1. The van der Waals surface area contributed by atoms with E-state index in [9.17, 15) is 0 Å². The number of aryl methyl sites for hydroxylation is 3. The molecule has 2 aromatic rings. The maximum atomic E-state index is 4.36. The van der Waals surface area contributed by atoms with Crippen molar-refractivity contribution >= 4 is 0 Å². The molecule has 1 heterocycles. The number of hydrogen-bond donors (Lipinski definition) is 1. The van der Waals surface area contributed by atoms with Gasteiger partial charge in [-0.3, -0.25) is 4.68 Å². The molecule has 19 heavy (non-hydrogen) atoms. The summed E-state index contributed by atoms with van der Waals surface area (Å²) in [6.07, 6.45) is 1.09. The summed E-state index contributed by atoms with van der Waals surface area (Å²) in [5, 5.41) is 7.91. The van der Waals surface area contributed by atoms with E-state index in [-0.39, 0.29) is 0 Å². The molecule has 0 radical (unpaired) electrons. The molecule has 0 spiro atoms. The Morgan fingerprint density at radius 2 is 1.95 bits per heavy atom. The van der Waals surface area contributed by atoms with E-state index in [1.165, 1.54) is 16.8 Å². The third kappa shape index (κ3) is 3.44. The number of hydrogen-bond acceptors (Lipinski definition) is 2. The van der Waals surface area contributed by atoms with Gasteiger partial charge in [-0.2, -0.15) is 5.10 Å². The molecule has 2 rings (SSSR count). The summed E-state index contributed by atoms with van der Waals surface area (Å²) in [6, 6.07) is 11.3. The first-order valence-electron chi connectivity index (χ1n) is 6.92. The van der Waals surface area contributed by atoms with Crippen molar-refractivity contribution in [2.24, 2.45) is 7.05 Å².